The fourth-order valence-electron chi connectivity index (χ4n) is 1.10. The van der Waals surface area contributed by atoms with Gasteiger partial charge < -0.3 is 5.32 Å². The van der Waals surface area contributed by atoms with E-state index in [0.29, 0.717) is 10.6 Å². The molecule has 1 N–H and O–H groups in total. The molecule has 0 spiro atoms. The Kier molecular flexibility index (Phi) is 3.49. The number of amides is 1. The van der Waals surface area contributed by atoms with E-state index in [-0.39, 0.29) is 12.5 Å². The van der Waals surface area contributed by atoms with E-state index in [9.17, 15) is 4.79 Å². The lowest BCUT2D eigenvalue weighted by molar-refractivity contribution is 0.0958. The van der Waals surface area contributed by atoms with Crippen molar-refractivity contribution in [2.45, 2.75) is 6.92 Å². The van der Waals surface area contributed by atoms with E-state index in [0.717, 1.165) is 5.56 Å². The minimum atomic E-state index is -0.249. The molecule has 72 valence electrons. The Morgan fingerprint density at radius 3 is 2.93 bits per heavy atom. The highest BCUT2D eigenvalue weighted by molar-refractivity contribution is 6.30. The van der Waals surface area contributed by atoms with Crippen LogP contribution in [0.1, 0.15) is 15.9 Å². The van der Waals surface area contributed by atoms with E-state index < -0.39 is 0 Å². The summed E-state index contributed by atoms with van der Waals surface area (Å²) >= 11 is 5.74. The van der Waals surface area contributed by atoms with Gasteiger partial charge in [0.15, 0.2) is 0 Å². The summed E-state index contributed by atoms with van der Waals surface area (Å²) in [6, 6.07) is 6.84. The molecule has 0 aromatic heterocycles. The molecule has 0 aliphatic heterocycles. The molecule has 1 aromatic rings. The summed E-state index contributed by atoms with van der Waals surface area (Å²) in [7, 11) is 0. The van der Waals surface area contributed by atoms with Gasteiger partial charge in [0.25, 0.3) is 5.91 Å². The molecule has 0 aliphatic carbocycles. The first-order valence-electron chi connectivity index (χ1n) is 4.06. The van der Waals surface area contributed by atoms with Gasteiger partial charge >= 0.3 is 0 Å². The van der Waals surface area contributed by atoms with Gasteiger partial charge in [-0.1, -0.05) is 11.6 Å². The van der Waals surface area contributed by atoms with Gasteiger partial charge in [-0.05, 0) is 30.7 Å². The van der Waals surface area contributed by atoms with Gasteiger partial charge in [-0.3, -0.25) is 4.79 Å². The van der Waals surface area contributed by atoms with Crippen LogP contribution in [0.5, 0.6) is 0 Å². The normalized spacial score (nSPS) is 9.21. The lowest BCUT2D eigenvalue weighted by atomic mass is 10.1. The van der Waals surface area contributed by atoms with Crippen molar-refractivity contribution in [3.05, 3.63) is 34.3 Å². The summed E-state index contributed by atoms with van der Waals surface area (Å²) in [6.07, 6.45) is 0. The predicted octanol–water partition coefficient (Wildman–Crippen LogP) is 1.90. The molecule has 1 amide bonds. The highest BCUT2D eigenvalue weighted by Crippen LogP contribution is 2.14. The van der Waals surface area contributed by atoms with Gasteiger partial charge in [0.1, 0.15) is 6.54 Å². The van der Waals surface area contributed by atoms with Crippen LogP contribution in [0.15, 0.2) is 18.2 Å². The maximum absolute atomic E-state index is 11.4. The van der Waals surface area contributed by atoms with Crippen LogP contribution in [0, 0.1) is 18.3 Å². The molecule has 0 bridgehead atoms. The van der Waals surface area contributed by atoms with E-state index in [1.807, 2.05) is 6.07 Å². The van der Waals surface area contributed by atoms with Crippen molar-refractivity contribution < 1.29 is 4.79 Å². The third kappa shape index (κ3) is 2.48. The highest BCUT2D eigenvalue weighted by Gasteiger charge is 2.07. The monoisotopic (exact) mass is 208 g/mol. The lowest BCUT2D eigenvalue weighted by Crippen LogP contribution is -2.24. The van der Waals surface area contributed by atoms with Gasteiger partial charge in [0.2, 0.25) is 0 Å². The number of hydrogen-bond donors (Lipinski definition) is 1. The molecule has 0 unspecified atom stereocenters. The number of hydrogen-bond acceptors (Lipinski definition) is 2. The molecule has 0 radical (unpaired) electrons. The van der Waals surface area contributed by atoms with Crippen molar-refractivity contribution in [2.24, 2.45) is 0 Å². The minimum Gasteiger partial charge on any atom is -0.339 e. The van der Waals surface area contributed by atoms with Crippen LogP contribution >= 0.6 is 11.6 Å². The Morgan fingerprint density at radius 1 is 1.64 bits per heavy atom. The summed E-state index contributed by atoms with van der Waals surface area (Å²) in [6.45, 7) is 1.81. The largest absolute Gasteiger partial charge is 0.339 e. The minimum absolute atomic E-state index is 0.0148. The first kappa shape index (κ1) is 10.6. The van der Waals surface area contributed by atoms with E-state index in [1.54, 1.807) is 25.1 Å². The van der Waals surface area contributed by atoms with Crippen molar-refractivity contribution in [1.29, 1.82) is 5.26 Å². The van der Waals surface area contributed by atoms with Crippen molar-refractivity contribution in [3.63, 3.8) is 0 Å². The maximum Gasteiger partial charge on any atom is 0.252 e. The number of halogens is 1. The molecule has 3 nitrogen and oxygen atoms in total. The summed E-state index contributed by atoms with van der Waals surface area (Å²) in [5.41, 5.74) is 1.34. The Morgan fingerprint density at radius 2 is 2.36 bits per heavy atom. The Balaban J connectivity index is 2.86. The molecule has 4 heteroatoms. The van der Waals surface area contributed by atoms with E-state index in [2.05, 4.69) is 5.32 Å². The van der Waals surface area contributed by atoms with Crippen LogP contribution in [0.2, 0.25) is 5.02 Å². The zero-order chi connectivity index (χ0) is 10.6. The number of carbonyl (C=O) groups is 1. The second kappa shape index (κ2) is 4.64. The second-order valence-electron chi connectivity index (χ2n) is 2.80. The van der Waals surface area contributed by atoms with E-state index in [4.69, 9.17) is 16.9 Å². The standard InChI is InChI=1S/C10H9ClN2O/c1-7-6-8(11)2-3-9(7)10(14)13-5-4-12/h2-3,6H,5H2,1H3,(H,13,14). The first-order valence-corrected chi connectivity index (χ1v) is 4.44. The third-order valence-corrected chi connectivity index (χ3v) is 2.00. The van der Waals surface area contributed by atoms with Gasteiger partial charge in [0, 0.05) is 10.6 Å². The number of rotatable bonds is 2. The van der Waals surface area contributed by atoms with E-state index >= 15 is 0 Å². The quantitative estimate of drug-likeness (QED) is 0.755. The molecule has 14 heavy (non-hydrogen) atoms. The van der Waals surface area contributed by atoms with Crippen LogP contribution in [-0.2, 0) is 0 Å². The van der Waals surface area contributed by atoms with Crippen LogP contribution in [0.4, 0.5) is 0 Å². The fraction of sp³-hybridized carbons (Fsp3) is 0.200. The van der Waals surface area contributed by atoms with Crippen LogP contribution in [-0.4, -0.2) is 12.5 Å². The summed E-state index contributed by atoms with van der Waals surface area (Å²) < 4.78 is 0. The van der Waals surface area contributed by atoms with Crippen molar-refractivity contribution in [1.82, 2.24) is 5.32 Å². The number of nitrogens with zero attached hydrogens (tertiary/aromatic N) is 1. The van der Waals surface area contributed by atoms with Crippen LogP contribution < -0.4 is 5.32 Å². The SMILES string of the molecule is Cc1cc(Cl)ccc1C(=O)NCC#N. The second-order valence-corrected chi connectivity index (χ2v) is 3.24. The zero-order valence-electron chi connectivity index (χ0n) is 7.67. The number of aryl methyl sites for hydroxylation is 1. The predicted molar refractivity (Wildman–Crippen MR) is 54.1 cm³/mol. The smallest absolute Gasteiger partial charge is 0.252 e. The summed E-state index contributed by atoms with van der Waals surface area (Å²) in [4.78, 5) is 11.4. The average molecular weight is 209 g/mol. The van der Waals surface area contributed by atoms with Gasteiger partial charge in [-0.2, -0.15) is 5.26 Å². The number of benzene rings is 1. The molecule has 0 aliphatic rings. The summed E-state index contributed by atoms with van der Waals surface area (Å²) in [5.74, 6) is -0.249. The Hall–Kier alpha value is -1.53. The molecule has 1 aromatic carbocycles. The molecule has 0 atom stereocenters. The molecule has 0 saturated heterocycles. The number of carbonyl (C=O) groups excluding carboxylic acids is 1. The summed E-state index contributed by atoms with van der Waals surface area (Å²) in [5, 5.41) is 11.4. The van der Waals surface area contributed by atoms with Crippen molar-refractivity contribution in [3.8, 4) is 6.07 Å². The molecular weight excluding hydrogens is 200 g/mol. The topological polar surface area (TPSA) is 52.9 Å². The average Bonchev–Trinajstić information content (AvgIpc) is 2.14. The fourth-order valence-corrected chi connectivity index (χ4v) is 1.32. The van der Waals surface area contributed by atoms with Gasteiger partial charge in [-0.25, -0.2) is 0 Å². The molecule has 0 fully saturated rings. The highest BCUT2D eigenvalue weighted by atomic mass is 35.5. The molecule has 1 rings (SSSR count). The van der Waals surface area contributed by atoms with Crippen LogP contribution in [0.25, 0.3) is 0 Å². The molecular formula is C10H9ClN2O. The Labute approximate surface area is 87.3 Å². The first-order chi connectivity index (χ1) is 6.65. The van der Waals surface area contributed by atoms with Crippen molar-refractivity contribution >= 4 is 17.5 Å². The van der Waals surface area contributed by atoms with E-state index in [1.165, 1.54) is 0 Å². The molecule has 0 saturated carbocycles. The lowest BCUT2D eigenvalue weighted by Gasteiger charge is -2.04. The zero-order valence-corrected chi connectivity index (χ0v) is 8.43. The maximum atomic E-state index is 11.4. The third-order valence-electron chi connectivity index (χ3n) is 1.76. The van der Waals surface area contributed by atoms with Gasteiger partial charge in [0.05, 0.1) is 6.07 Å². The van der Waals surface area contributed by atoms with Gasteiger partial charge in [-0.15, -0.1) is 0 Å². The number of nitrogens with one attached hydrogen (secondary N) is 1. The van der Waals surface area contributed by atoms with Crippen LogP contribution in [0.3, 0.4) is 0 Å². The number of nitriles is 1. The van der Waals surface area contributed by atoms with Crippen molar-refractivity contribution in [2.75, 3.05) is 6.54 Å². The Bertz CT molecular complexity index is 396. The molecule has 0 heterocycles.